The van der Waals surface area contributed by atoms with E-state index in [4.69, 9.17) is 14.2 Å². The number of amides is 1. The zero-order chi connectivity index (χ0) is 19.1. The smallest absolute Gasteiger partial charge is 0.335 e. The SMILES string of the molecule is COc1cc(OC)c(CNC(=O)Cc2ccccc2C(=O)O)c(OC)c1. The van der Waals surface area contributed by atoms with Crippen LogP contribution in [0.15, 0.2) is 36.4 Å². The van der Waals surface area contributed by atoms with Crippen molar-refractivity contribution in [1.29, 1.82) is 0 Å². The van der Waals surface area contributed by atoms with Crippen LogP contribution in [0.25, 0.3) is 0 Å². The number of ether oxygens (including phenoxy) is 3. The van der Waals surface area contributed by atoms with E-state index < -0.39 is 5.97 Å². The molecule has 7 nitrogen and oxygen atoms in total. The van der Waals surface area contributed by atoms with Crippen LogP contribution in [0.2, 0.25) is 0 Å². The molecule has 0 fully saturated rings. The largest absolute Gasteiger partial charge is 0.496 e. The summed E-state index contributed by atoms with van der Waals surface area (Å²) in [6, 6.07) is 9.81. The number of carbonyl (C=O) groups excluding carboxylic acids is 1. The van der Waals surface area contributed by atoms with Gasteiger partial charge < -0.3 is 24.6 Å². The molecule has 2 N–H and O–H groups in total. The molecular formula is C19H21NO6. The van der Waals surface area contributed by atoms with Crippen LogP contribution in [-0.2, 0) is 17.8 Å². The van der Waals surface area contributed by atoms with Crippen molar-refractivity contribution in [3.8, 4) is 17.2 Å². The lowest BCUT2D eigenvalue weighted by atomic mass is 10.0. The Morgan fingerprint density at radius 2 is 1.62 bits per heavy atom. The summed E-state index contributed by atoms with van der Waals surface area (Å²) < 4.78 is 15.9. The highest BCUT2D eigenvalue weighted by molar-refractivity contribution is 5.91. The van der Waals surface area contributed by atoms with Crippen molar-refractivity contribution < 1.29 is 28.9 Å². The van der Waals surface area contributed by atoms with Gasteiger partial charge in [-0.25, -0.2) is 4.79 Å². The Morgan fingerprint density at radius 1 is 1.00 bits per heavy atom. The van der Waals surface area contributed by atoms with Crippen LogP contribution in [-0.4, -0.2) is 38.3 Å². The maximum Gasteiger partial charge on any atom is 0.335 e. The van der Waals surface area contributed by atoms with E-state index in [9.17, 15) is 14.7 Å². The topological polar surface area (TPSA) is 94.1 Å². The fraction of sp³-hybridized carbons (Fsp3) is 0.263. The summed E-state index contributed by atoms with van der Waals surface area (Å²) >= 11 is 0. The molecule has 2 aromatic rings. The van der Waals surface area contributed by atoms with Crippen LogP contribution in [0.5, 0.6) is 17.2 Å². The highest BCUT2D eigenvalue weighted by atomic mass is 16.5. The first kappa shape index (κ1) is 19.1. The van der Waals surface area contributed by atoms with Gasteiger partial charge in [-0.2, -0.15) is 0 Å². The predicted molar refractivity (Wildman–Crippen MR) is 95.1 cm³/mol. The van der Waals surface area contributed by atoms with Gasteiger partial charge in [-0.3, -0.25) is 4.79 Å². The molecule has 26 heavy (non-hydrogen) atoms. The zero-order valence-electron chi connectivity index (χ0n) is 14.9. The van der Waals surface area contributed by atoms with E-state index in [-0.39, 0.29) is 24.4 Å². The molecule has 0 aliphatic carbocycles. The number of hydrogen-bond acceptors (Lipinski definition) is 5. The van der Waals surface area contributed by atoms with E-state index in [0.29, 0.717) is 28.4 Å². The van der Waals surface area contributed by atoms with Gasteiger partial charge in [-0.05, 0) is 11.6 Å². The molecule has 0 aliphatic rings. The van der Waals surface area contributed by atoms with Gasteiger partial charge in [0, 0.05) is 12.1 Å². The van der Waals surface area contributed by atoms with Gasteiger partial charge in [0.1, 0.15) is 17.2 Å². The molecule has 0 bridgehead atoms. The van der Waals surface area contributed by atoms with Crippen LogP contribution in [0.3, 0.4) is 0 Å². The number of benzene rings is 2. The van der Waals surface area contributed by atoms with E-state index in [1.807, 2.05) is 0 Å². The number of hydrogen-bond donors (Lipinski definition) is 2. The number of methoxy groups -OCH3 is 3. The number of carbonyl (C=O) groups is 2. The first-order valence-electron chi connectivity index (χ1n) is 7.87. The fourth-order valence-corrected chi connectivity index (χ4v) is 2.56. The molecule has 138 valence electrons. The second-order valence-electron chi connectivity index (χ2n) is 5.43. The number of carboxylic acids is 1. The minimum atomic E-state index is -1.06. The third-order valence-corrected chi connectivity index (χ3v) is 3.88. The molecule has 7 heteroatoms. The minimum Gasteiger partial charge on any atom is -0.496 e. The quantitative estimate of drug-likeness (QED) is 0.751. The zero-order valence-corrected chi connectivity index (χ0v) is 14.9. The summed E-state index contributed by atoms with van der Waals surface area (Å²) in [7, 11) is 4.57. The molecular weight excluding hydrogens is 338 g/mol. The maximum absolute atomic E-state index is 12.3. The molecule has 0 radical (unpaired) electrons. The van der Waals surface area contributed by atoms with E-state index in [1.165, 1.54) is 27.4 Å². The van der Waals surface area contributed by atoms with Crippen molar-refractivity contribution in [3.63, 3.8) is 0 Å². The van der Waals surface area contributed by atoms with Crippen molar-refractivity contribution >= 4 is 11.9 Å². The number of nitrogens with one attached hydrogen (secondary N) is 1. The number of rotatable bonds is 8. The highest BCUT2D eigenvalue weighted by Gasteiger charge is 2.16. The normalized spacial score (nSPS) is 10.1. The van der Waals surface area contributed by atoms with Crippen LogP contribution in [0, 0.1) is 0 Å². The van der Waals surface area contributed by atoms with Crippen molar-refractivity contribution in [3.05, 3.63) is 53.1 Å². The Morgan fingerprint density at radius 3 is 2.15 bits per heavy atom. The van der Waals surface area contributed by atoms with Gasteiger partial charge in [0.05, 0.1) is 45.4 Å². The highest BCUT2D eigenvalue weighted by Crippen LogP contribution is 2.33. The molecule has 0 aliphatic heterocycles. The lowest BCUT2D eigenvalue weighted by Gasteiger charge is -2.15. The van der Waals surface area contributed by atoms with Crippen LogP contribution in [0.1, 0.15) is 21.5 Å². The van der Waals surface area contributed by atoms with E-state index in [0.717, 1.165) is 0 Å². The summed E-state index contributed by atoms with van der Waals surface area (Å²) in [5.74, 6) is 0.245. The molecule has 2 aromatic carbocycles. The molecule has 0 unspecified atom stereocenters. The second-order valence-corrected chi connectivity index (χ2v) is 5.43. The second kappa shape index (κ2) is 8.75. The molecule has 0 spiro atoms. The lowest BCUT2D eigenvalue weighted by molar-refractivity contribution is -0.120. The summed E-state index contributed by atoms with van der Waals surface area (Å²) in [6.45, 7) is 0.171. The maximum atomic E-state index is 12.3. The average Bonchev–Trinajstić information content (AvgIpc) is 2.65. The van der Waals surface area contributed by atoms with Gasteiger partial charge in [0.25, 0.3) is 0 Å². The Kier molecular flexibility index (Phi) is 6.43. The van der Waals surface area contributed by atoms with Gasteiger partial charge in [-0.1, -0.05) is 18.2 Å². The first-order chi connectivity index (χ1) is 12.5. The number of aromatic carboxylic acids is 1. The molecule has 0 atom stereocenters. The third kappa shape index (κ3) is 4.44. The summed E-state index contributed by atoms with van der Waals surface area (Å²) in [5.41, 5.74) is 1.23. The van der Waals surface area contributed by atoms with E-state index >= 15 is 0 Å². The molecule has 1 amide bonds. The van der Waals surface area contributed by atoms with Gasteiger partial charge in [-0.15, -0.1) is 0 Å². The summed E-state index contributed by atoms with van der Waals surface area (Å²) in [6.07, 6.45) is -0.0384. The Hall–Kier alpha value is -3.22. The Labute approximate surface area is 151 Å². The summed E-state index contributed by atoms with van der Waals surface area (Å²) in [5, 5.41) is 12.0. The molecule has 0 saturated carbocycles. The van der Waals surface area contributed by atoms with Crippen molar-refractivity contribution in [2.45, 2.75) is 13.0 Å². The first-order valence-corrected chi connectivity index (χ1v) is 7.87. The van der Waals surface area contributed by atoms with E-state index in [2.05, 4.69) is 5.32 Å². The van der Waals surface area contributed by atoms with Gasteiger partial charge in [0.15, 0.2) is 0 Å². The van der Waals surface area contributed by atoms with E-state index in [1.54, 1.807) is 30.3 Å². The predicted octanol–water partition coefficient (Wildman–Crippen LogP) is 2.27. The Bertz CT molecular complexity index is 777. The lowest BCUT2D eigenvalue weighted by Crippen LogP contribution is -2.25. The van der Waals surface area contributed by atoms with Crippen LogP contribution >= 0.6 is 0 Å². The van der Waals surface area contributed by atoms with Crippen molar-refractivity contribution in [1.82, 2.24) is 5.32 Å². The molecule has 0 heterocycles. The monoisotopic (exact) mass is 359 g/mol. The molecule has 0 aromatic heterocycles. The summed E-state index contributed by atoms with van der Waals surface area (Å²) in [4.78, 5) is 23.5. The van der Waals surface area contributed by atoms with Crippen molar-refractivity contribution in [2.75, 3.05) is 21.3 Å². The minimum absolute atomic E-state index is 0.0384. The van der Waals surface area contributed by atoms with Crippen LogP contribution in [0.4, 0.5) is 0 Å². The van der Waals surface area contributed by atoms with Crippen LogP contribution < -0.4 is 19.5 Å². The average molecular weight is 359 g/mol. The third-order valence-electron chi connectivity index (χ3n) is 3.88. The standard InChI is InChI=1S/C19H21NO6/c1-24-13-9-16(25-2)15(17(10-13)26-3)11-20-18(21)8-12-6-4-5-7-14(12)19(22)23/h4-7,9-10H,8,11H2,1-3H3,(H,20,21)(H,22,23). The molecule has 2 rings (SSSR count). The fourth-order valence-electron chi connectivity index (χ4n) is 2.56. The van der Waals surface area contributed by atoms with Gasteiger partial charge >= 0.3 is 5.97 Å². The van der Waals surface area contributed by atoms with Crippen molar-refractivity contribution in [2.24, 2.45) is 0 Å². The number of carboxylic acid groups (broad SMARTS) is 1. The van der Waals surface area contributed by atoms with Gasteiger partial charge in [0.2, 0.25) is 5.91 Å². The Balaban J connectivity index is 2.14. The molecule has 0 saturated heterocycles.